The molecular weight excluding hydrogens is 404 g/mol. The van der Waals surface area contributed by atoms with Gasteiger partial charge in [-0.25, -0.2) is 4.79 Å². The Morgan fingerprint density at radius 1 is 0.818 bits per heavy atom. The van der Waals surface area contributed by atoms with Crippen LogP contribution in [0.1, 0.15) is 116 Å². The Morgan fingerprint density at radius 3 is 1.91 bits per heavy atom. The van der Waals surface area contributed by atoms with Crippen LogP contribution in [-0.4, -0.2) is 5.97 Å². The number of aryl methyl sites for hydroxylation is 1. The SMILES string of the molecule is C=C(C)C(=O)Oc1ccc(CCC2CCC(C3CCC(CCCCCCC)CC3)CC2)cc1. The molecule has 2 aliphatic carbocycles. The normalized spacial score (nSPS) is 25.5. The first-order valence-electron chi connectivity index (χ1n) is 14.0. The molecule has 2 saturated carbocycles. The maximum absolute atomic E-state index is 11.6. The molecule has 0 atom stereocenters. The van der Waals surface area contributed by atoms with E-state index < -0.39 is 0 Å². The van der Waals surface area contributed by atoms with E-state index in [1.165, 1.54) is 102 Å². The maximum Gasteiger partial charge on any atom is 0.338 e. The second-order valence-corrected chi connectivity index (χ2v) is 11.1. The van der Waals surface area contributed by atoms with E-state index in [1.54, 1.807) is 6.92 Å². The van der Waals surface area contributed by atoms with Gasteiger partial charge in [-0.2, -0.15) is 0 Å². The molecule has 0 aliphatic heterocycles. The molecule has 33 heavy (non-hydrogen) atoms. The second kappa shape index (κ2) is 14.0. The van der Waals surface area contributed by atoms with E-state index in [9.17, 15) is 4.79 Å². The predicted molar refractivity (Wildman–Crippen MR) is 139 cm³/mol. The van der Waals surface area contributed by atoms with Gasteiger partial charge in [0.05, 0.1) is 0 Å². The van der Waals surface area contributed by atoms with E-state index in [0.29, 0.717) is 11.3 Å². The van der Waals surface area contributed by atoms with Gasteiger partial charge in [0.25, 0.3) is 0 Å². The number of hydrogen-bond acceptors (Lipinski definition) is 2. The van der Waals surface area contributed by atoms with Crippen LogP contribution in [0.5, 0.6) is 5.75 Å². The van der Waals surface area contributed by atoms with Crippen molar-refractivity contribution in [3.05, 3.63) is 42.0 Å². The van der Waals surface area contributed by atoms with E-state index in [0.717, 1.165) is 30.1 Å². The van der Waals surface area contributed by atoms with Crippen LogP contribution in [-0.2, 0) is 11.2 Å². The number of hydrogen-bond donors (Lipinski definition) is 0. The summed E-state index contributed by atoms with van der Waals surface area (Å²) >= 11 is 0. The second-order valence-electron chi connectivity index (χ2n) is 11.1. The highest BCUT2D eigenvalue weighted by Gasteiger charge is 2.30. The average molecular weight is 453 g/mol. The van der Waals surface area contributed by atoms with Gasteiger partial charge in [-0.3, -0.25) is 0 Å². The topological polar surface area (TPSA) is 26.3 Å². The van der Waals surface area contributed by atoms with Crippen molar-refractivity contribution in [1.82, 2.24) is 0 Å². The molecular formula is C31H48O2. The Balaban J connectivity index is 1.29. The molecule has 184 valence electrons. The van der Waals surface area contributed by atoms with E-state index in [4.69, 9.17) is 4.74 Å². The van der Waals surface area contributed by atoms with Crippen molar-refractivity contribution in [2.75, 3.05) is 0 Å². The van der Waals surface area contributed by atoms with Crippen molar-refractivity contribution >= 4 is 5.97 Å². The number of carbonyl (C=O) groups excluding carboxylic acids is 1. The molecule has 0 aromatic heterocycles. The van der Waals surface area contributed by atoms with Crippen LogP contribution in [0, 0.1) is 23.7 Å². The van der Waals surface area contributed by atoms with Crippen LogP contribution in [0.15, 0.2) is 36.4 Å². The minimum Gasteiger partial charge on any atom is -0.423 e. The maximum atomic E-state index is 11.6. The van der Waals surface area contributed by atoms with Gasteiger partial charge in [-0.15, -0.1) is 0 Å². The smallest absolute Gasteiger partial charge is 0.338 e. The van der Waals surface area contributed by atoms with Crippen molar-refractivity contribution in [2.24, 2.45) is 23.7 Å². The van der Waals surface area contributed by atoms with E-state index >= 15 is 0 Å². The van der Waals surface area contributed by atoms with Crippen LogP contribution in [0.4, 0.5) is 0 Å². The third-order valence-electron chi connectivity index (χ3n) is 8.49. The lowest BCUT2D eigenvalue weighted by Gasteiger charge is -2.38. The Kier molecular flexibility index (Phi) is 11.0. The summed E-state index contributed by atoms with van der Waals surface area (Å²) in [6.07, 6.45) is 22.9. The lowest BCUT2D eigenvalue weighted by Crippen LogP contribution is -2.26. The lowest BCUT2D eigenvalue weighted by atomic mass is 9.68. The monoisotopic (exact) mass is 452 g/mol. The van der Waals surface area contributed by atoms with Crippen LogP contribution in [0.25, 0.3) is 0 Å². The average Bonchev–Trinajstić information content (AvgIpc) is 2.84. The van der Waals surface area contributed by atoms with Crippen molar-refractivity contribution in [3.63, 3.8) is 0 Å². The summed E-state index contributed by atoms with van der Waals surface area (Å²) in [6, 6.07) is 8.03. The molecule has 0 bridgehead atoms. The summed E-state index contributed by atoms with van der Waals surface area (Å²) in [6.45, 7) is 7.61. The molecule has 2 heteroatoms. The van der Waals surface area contributed by atoms with E-state index in [-0.39, 0.29) is 5.97 Å². The van der Waals surface area contributed by atoms with Crippen LogP contribution < -0.4 is 4.74 Å². The summed E-state index contributed by atoms with van der Waals surface area (Å²) in [5.74, 6) is 4.22. The molecule has 0 radical (unpaired) electrons. The van der Waals surface area contributed by atoms with Crippen LogP contribution in [0.3, 0.4) is 0 Å². The third kappa shape index (κ3) is 8.95. The van der Waals surface area contributed by atoms with Gasteiger partial charge < -0.3 is 4.74 Å². The van der Waals surface area contributed by atoms with Crippen LogP contribution in [0.2, 0.25) is 0 Å². The molecule has 0 spiro atoms. The summed E-state index contributed by atoms with van der Waals surface area (Å²) in [5, 5.41) is 0. The predicted octanol–water partition coefficient (Wildman–Crippen LogP) is 9.07. The lowest BCUT2D eigenvalue weighted by molar-refractivity contribution is -0.130. The summed E-state index contributed by atoms with van der Waals surface area (Å²) in [4.78, 5) is 11.6. The first-order valence-corrected chi connectivity index (χ1v) is 14.0. The molecule has 0 N–H and O–H groups in total. The largest absolute Gasteiger partial charge is 0.423 e. The fourth-order valence-corrected chi connectivity index (χ4v) is 6.22. The summed E-state index contributed by atoms with van der Waals surface area (Å²) in [7, 11) is 0. The van der Waals surface area contributed by atoms with Gasteiger partial charge in [0.1, 0.15) is 5.75 Å². The fraction of sp³-hybridized carbons (Fsp3) is 0.710. The number of ether oxygens (including phenoxy) is 1. The Hall–Kier alpha value is -1.57. The number of esters is 1. The quantitative estimate of drug-likeness (QED) is 0.137. The van der Waals surface area contributed by atoms with Gasteiger partial charge in [-0.05, 0) is 86.8 Å². The van der Waals surface area contributed by atoms with Crippen molar-refractivity contribution in [3.8, 4) is 5.75 Å². The van der Waals surface area contributed by atoms with Gasteiger partial charge in [0.2, 0.25) is 0 Å². The molecule has 2 aliphatic rings. The van der Waals surface area contributed by atoms with Gasteiger partial charge >= 0.3 is 5.97 Å². The molecule has 1 aromatic carbocycles. The van der Waals surface area contributed by atoms with Gasteiger partial charge in [0, 0.05) is 5.57 Å². The summed E-state index contributed by atoms with van der Waals surface area (Å²) in [5.41, 5.74) is 1.78. The first kappa shape index (κ1) is 26.0. The Bertz CT molecular complexity index is 703. The minimum absolute atomic E-state index is 0.351. The number of benzene rings is 1. The van der Waals surface area contributed by atoms with E-state index in [1.807, 2.05) is 12.1 Å². The number of carbonyl (C=O) groups is 1. The zero-order chi connectivity index (χ0) is 23.5. The zero-order valence-electron chi connectivity index (χ0n) is 21.5. The van der Waals surface area contributed by atoms with Crippen molar-refractivity contribution < 1.29 is 9.53 Å². The third-order valence-corrected chi connectivity index (χ3v) is 8.49. The highest BCUT2D eigenvalue weighted by molar-refractivity contribution is 5.88. The van der Waals surface area contributed by atoms with Gasteiger partial charge in [0.15, 0.2) is 0 Å². The standard InChI is InChI=1S/C31H48O2/c1-4-5-6-7-8-9-25-12-18-28(19-13-25)29-20-14-26(15-21-29)10-11-27-16-22-30(23-17-27)33-31(32)24(2)3/h16-17,22-23,25-26,28-29H,2,4-15,18-21H2,1,3H3. The molecule has 3 rings (SSSR count). The Morgan fingerprint density at radius 2 is 1.36 bits per heavy atom. The molecule has 2 nitrogen and oxygen atoms in total. The zero-order valence-corrected chi connectivity index (χ0v) is 21.5. The summed E-state index contributed by atoms with van der Waals surface area (Å²) < 4.78 is 5.30. The van der Waals surface area contributed by atoms with Crippen LogP contribution >= 0.6 is 0 Å². The molecule has 2 fully saturated rings. The number of unbranched alkanes of at least 4 members (excludes halogenated alkanes) is 4. The number of rotatable bonds is 12. The minimum atomic E-state index is -0.351. The molecule has 0 heterocycles. The Labute approximate surface area is 203 Å². The molecule has 0 saturated heterocycles. The van der Waals surface area contributed by atoms with Crippen molar-refractivity contribution in [2.45, 2.75) is 117 Å². The molecule has 0 amide bonds. The van der Waals surface area contributed by atoms with Crippen molar-refractivity contribution in [1.29, 1.82) is 0 Å². The molecule has 1 aromatic rings. The fourth-order valence-electron chi connectivity index (χ4n) is 6.22. The highest BCUT2D eigenvalue weighted by atomic mass is 16.5. The molecule has 0 unspecified atom stereocenters. The van der Waals surface area contributed by atoms with Gasteiger partial charge in [-0.1, -0.05) is 89.8 Å². The first-order chi connectivity index (χ1) is 16.0. The highest BCUT2D eigenvalue weighted by Crippen LogP contribution is 2.43. The van der Waals surface area contributed by atoms with E-state index in [2.05, 4.69) is 25.6 Å².